The molecule has 0 saturated heterocycles. The number of aryl methyl sites for hydroxylation is 2. The Kier molecular flexibility index (Phi) is 3.81. The quantitative estimate of drug-likeness (QED) is 0.420. The number of benzene rings is 4. The average Bonchev–Trinajstić information content (AvgIpc) is 2.64. The predicted octanol–water partition coefficient (Wildman–Crippen LogP) is 4.60. The maximum atomic E-state index is 6.66. The van der Waals surface area contributed by atoms with Gasteiger partial charge in [0.05, 0.1) is 0 Å². The van der Waals surface area contributed by atoms with Crippen LogP contribution in [0.5, 0.6) is 0 Å². The second kappa shape index (κ2) is 6.03. The average molecular weight is 337 g/mol. The second-order valence-electron chi connectivity index (χ2n) is 7.18. The van der Waals surface area contributed by atoms with Gasteiger partial charge in [-0.25, -0.2) is 0 Å². The van der Waals surface area contributed by atoms with Crippen LogP contribution in [0.15, 0.2) is 54.6 Å². The number of anilines is 1. The van der Waals surface area contributed by atoms with Gasteiger partial charge in [0, 0.05) is 11.1 Å². The molecule has 0 aliphatic carbocycles. The number of nitrogens with two attached hydrogens (primary N) is 1. The van der Waals surface area contributed by atoms with Gasteiger partial charge >= 0.3 is 0 Å². The minimum Gasteiger partial charge on any atom is -0.398 e. The number of hydrogen-bond acceptors (Lipinski definition) is 1. The number of hydrogen-bond donors (Lipinski definition) is 1. The van der Waals surface area contributed by atoms with Crippen molar-refractivity contribution in [3.05, 3.63) is 87.3 Å². The van der Waals surface area contributed by atoms with Crippen molar-refractivity contribution < 1.29 is 0 Å². The smallest absolute Gasteiger partial charge is 0.0436 e. The highest BCUT2D eigenvalue weighted by molar-refractivity contribution is 6.06. The summed E-state index contributed by atoms with van der Waals surface area (Å²) in [6, 6.07) is 19.2. The molecule has 4 aromatic rings. The summed E-state index contributed by atoms with van der Waals surface area (Å²) in [7, 11) is 0. The lowest BCUT2D eigenvalue weighted by molar-refractivity contribution is 1.19. The van der Waals surface area contributed by atoms with E-state index in [1.165, 1.54) is 16.7 Å². The molecule has 0 saturated carbocycles. The fourth-order valence-corrected chi connectivity index (χ4v) is 3.96. The minimum atomic E-state index is 0.821. The highest BCUT2D eigenvalue weighted by atomic mass is 14.6. The van der Waals surface area contributed by atoms with E-state index in [2.05, 4.69) is 69.5 Å². The summed E-state index contributed by atoms with van der Waals surface area (Å²) >= 11 is 0. The largest absolute Gasteiger partial charge is 0.398 e. The topological polar surface area (TPSA) is 26.0 Å². The second-order valence-corrected chi connectivity index (χ2v) is 7.18. The molecule has 0 heterocycles. The SMILES string of the molecule is C=c1c2ccccc2c(=C)c2c(N)c(Cc3ccc(C)cc3)cc(C)c12. The molecule has 0 atom stereocenters. The van der Waals surface area contributed by atoms with Crippen molar-refractivity contribution in [1.29, 1.82) is 0 Å². The summed E-state index contributed by atoms with van der Waals surface area (Å²) in [5.74, 6) is 0. The van der Waals surface area contributed by atoms with Crippen LogP contribution >= 0.6 is 0 Å². The van der Waals surface area contributed by atoms with E-state index in [1.807, 2.05) is 12.1 Å². The maximum Gasteiger partial charge on any atom is 0.0436 e. The zero-order valence-electron chi connectivity index (χ0n) is 15.4. The van der Waals surface area contributed by atoms with Crippen LogP contribution in [0.25, 0.3) is 34.7 Å². The maximum absolute atomic E-state index is 6.66. The van der Waals surface area contributed by atoms with Crippen molar-refractivity contribution in [2.24, 2.45) is 0 Å². The predicted molar refractivity (Wildman–Crippen MR) is 115 cm³/mol. The fraction of sp³-hybridized carbons (Fsp3) is 0.120. The van der Waals surface area contributed by atoms with Crippen LogP contribution in [0.3, 0.4) is 0 Å². The molecule has 1 nitrogen and oxygen atoms in total. The van der Waals surface area contributed by atoms with Crippen molar-refractivity contribution in [2.75, 3.05) is 5.73 Å². The van der Waals surface area contributed by atoms with Crippen molar-refractivity contribution >= 4 is 40.4 Å². The molecule has 128 valence electrons. The molecule has 0 aliphatic rings. The molecule has 0 spiro atoms. The summed E-state index contributed by atoms with van der Waals surface area (Å²) in [5.41, 5.74) is 12.4. The summed E-state index contributed by atoms with van der Waals surface area (Å²) in [5, 5.41) is 6.50. The van der Waals surface area contributed by atoms with E-state index < -0.39 is 0 Å². The van der Waals surface area contributed by atoms with E-state index in [-0.39, 0.29) is 0 Å². The van der Waals surface area contributed by atoms with Crippen LogP contribution < -0.4 is 16.2 Å². The molecule has 2 N–H and O–H groups in total. The standard InChI is InChI=1S/C25H23N/c1-15-9-11-19(12-10-15)14-20-13-16(2)23-17(3)21-7-5-6-8-22(21)18(4)24(23)25(20)26/h5-13H,3-4,14,26H2,1-2H3. The molecular formula is C25H23N. The van der Waals surface area contributed by atoms with Gasteiger partial charge in [-0.15, -0.1) is 0 Å². The van der Waals surface area contributed by atoms with Gasteiger partial charge < -0.3 is 5.73 Å². The zero-order valence-corrected chi connectivity index (χ0v) is 15.4. The first-order valence-corrected chi connectivity index (χ1v) is 8.93. The summed E-state index contributed by atoms with van der Waals surface area (Å²) in [6.45, 7) is 13.0. The van der Waals surface area contributed by atoms with Crippen LogP contribution in [-0.4, -0.2) is 0 Å². The Morgan fingerprint density at radius 2 is 1.38 bits per heavy atom. The van der Waals surface area contributed by atoms with Crippen LogP contribution in [0.4, 0.5) is 5.69 Å². The van der Waals surface area contributed by atoms with Crippen LogP contribution in [0.1, 0.15) is 22.3 Å². The Morgan fingerprint density at radius 3 is 2.00 bits per heavy atom. The van der Waals surface area contributed by atoms with Crippen LogP contribution in [-0.2, 0) is 6.42 Å². The van der Waals surface area contributed by atoms with E-state index in [1.54, 1.807) is 0 Å². The molecule has 0 unspecified atom stereocenters. The van der Waals surface area contributed by atoms with Crippen molar-refractivity contribution in [3.8, 4) is 0 Å². The lowest BCUT2D eigenvalue weighted by Gasteiger charge is -2.15. The third-order valence-corrected chi connectivity index (χ3v) is 5.35. The molecule has 0 aliphatic heterocycles. The van der Waals surface area contributed by atoms with E-state index in [9.17, 15) is 0 Å². The Morgan fingerprint density at radius 1 is 0.808 bits per heavy atom. The number of rotatable bonds is 2. The molecule has 1 heteroatoms. The van der Waals surface area contributed by atoms with E-state index in [0.717, 1.165) is 49.7 Å². The molecule has 0 bridgehead atoms. The molecule has 0 radical (unpaired) electrons. The van der Waals surface area contributed by atoms with E-state index in [4.69, 9.17) is 5.73 Å². The van der Waals surface area contributed by atoms with Gasteiger partial charge in [0.25, 0.3) is 0 Å². The lowest BCUT2D eigenvalue weighted by atomic mass is 9.91. The van der Waals surface area contributed by atoms with Crippen molar-refractivity contribution in [1.82, 2.24) is 0 Å². The van der Waals surface area contributed by atoms with Crippen molar-refractivity contribution in [2.45, 2.75) is 20.3 Å². The van der Waals surface area contributed by atoms with Gasteiger partial charge in [-0.1, -0.05) is 73.3 Å². The molecule has 26 heavy (non-hydrogen) atoms. The van der Waals surface area contributed by atoms with Crippen LogP contribution in [0, 0.1) is 13.8 Å². The fourth-order valence-electron chi connectivity index (χ4n) is 3.96. The monoisotopic (exact) mass is 337 g/mol. The van der Waals surface area contributed by atoms with E-state index >= 15 is 0 Å². The first kappa shape index (κ1) is 16.4. The summed E-state index contributed by atoms with van der Waals surface area (Å²) < 4.78 is 0. The normalized spacial score (nSPS) is 11.3. The highest BCUT2D eigenvalue weighted by Crippen LogP contribution is 2.27. The first-order valence-electron chi connectivity index (χ1n) is 8.93. The highest BCUT2D eigenvalue weighted by Gasteiger charge is 2.13. The van der Waals surface area contributed by atoms with Gasteiger partial charge in [0.2, 0.25) is 0 Å². The molecular weight excluding hydrogens is 314 g/mol. The van der Waals surface area contributed by atoms with Gasteiger partial charge in [0.1, 0.15) is 0 Å². The third kappa shape index (κ3) is 2.48. The minimum absolute atomic E-state index is 0.821. The van der Waals surface area contributed by atoms with Gasteiger partial charge in [-0.2, -0.15) is 0 Å². The number of nitrogen functional groups attached to an aromatic ring is 1. The zero-order chi connectivity index (χ0) is 18.4. The van der Waals surface area contributed by atoms with Gasteiger partial charge in [0.15, 0.2) is 0 Å². The molecule has 0 amide bonds. The molecule has 4 aromatic carbocycles. The summed E-state index contributed by atoms with van der Waals surface area (Å²) in [6.07, 6.45) is 0.821. The lowest BCUT2D eigenvalue weighted by Crippen LogP contribution is -2.16. The third-order valence-electron chi connectivity index (χ3n) is 5.35. The van der Waals surface area contributed by atoms with Gasteiger partial charge in [-0.05, 0) is 63.6 Å². The van der Waals surface area contributed by atoms with E-state index in [0.29, 0.717) is 0 Å². The Bertz CT molecular complexity index is 1250. The van der Waals surface area contributed by atoms with Crippen LogP contribution in [0.2, 0.25) is 0 Å². The molecule has 0 aromatic heterocycles. The Labute approximate surface area is 154 Å². The van der Waals surface area contributed by atoms with Crippen molar-refractivity contribution in [3.63, 3.8) is 0 Å². The van der Waals surface area contributed by atoms with Gasteiger partial charge in [-0.3, -0.25) is 0 Å². The molecule has 4 rings (SSSR count). The Hall–Kier alpha value is -3.06. The summed E-state index contributed by atoms with van der Waals surface area (Å²) in [4.78, 5) is 0. The molecule has 0 fully saturated rings. The first-order chi connectivity index (χ1) is 12.5. The number of fused-ring (bicyclic) bond motifs is 2. The Balaban J connectivity index is 2.03.